The lowest BCUT2D eigenvalue weighted by molar-refractivity contribution is -0.111. The molecule has 0 saturated carbocycles. The standard InChI is InChI=1S/C24H22N6O2/c1-2-23(31)28-22-14-17(6-7-18(22)16-25)21-8-9-26-24(29-21)27-19-4-3-5-20(15-19)30-10-12-32-13-11-30/h2-9,14-15H,1,10-13H2,(H,28,31)(H,26,27,29). The van der Waals surface area contributed by atoms with Crippen molar-refractivity contribution < 1.29 is 9.53 Å². The van der Waals surface area contributed by atoms with Gasteiger partial charge in [-0.15, -0.1) is 0 Å². The maximum absolute atomic E-state index is 11.7. The van der Waals surface area contributed by atoms with E-state index in [0.29, 0.717) is 22.9 Å². The molecule has 1 saturated heterocycles. The van der Waals surface area contributed by atoms with Crippen molar-refractivity contribution in [3.63, 3.8) is 0 Å². The van der Waals surface area contributed by atoms with E-state index in [1.165, 1.54) is 0 Å². The number of morpholine rings is 1. The predicted octanol–water partition coefficient (Wildman–Crippen LogP) is 3.72. The Balaban J connectivity index is 1.57. The summed E-state index contributed by atoms with van der Waals surface area (Å²) in [5, 5.41) is 15.2. The predicted molar refractivity (Wildman–Crippen MR) is 124 cm³/mol. The Kier molecular flexibility index (Phi) is 6.39. The van der Waals surface area contributed by atoms with Gasteiger partial charge in [0.15, 0.2) is 0 Å². The van der Waals surface area contributed by atoms with Crippen molar-refractivity contribution in [3.05, 3.63) is 72.9 Å². The molecule has 1 aliphatic heterocycles. The maximum Gasteiger partial charge on any atom is 0.247 e. The zero-order valence-corrected chi connectivity index (χ0v) is 17.4. The number of ether oxygens (including phenoxy) is 1. The number of hydrogen-bond donors (Lipinski definition) is 2. The molecule has 0 radical (unpaired) electrons. The van der Waals surface area contributed by atoms with Crippen LogP contribution in [0.3, 0.4) is 0 Å². The van der Waals surface area contributed by atoms with E-state index in [1.54, 1.807) is 30.5 Å². The second-order valence-corrected chi connectivity index (χ2v) is 7.11. The molecule has 2 aromatic carbocycles. The molecule has 0 bridgehead atoms. The fourth-order valence-corrected chi connectivity index (χ4v) is 3.40. The zero-order chi connectivity index (χ0) is 22.3. The van der Waals surface area contributed by atoms with Gasteiger partial charge >= 0.3 is 0 Å². The second-order valence-electron chi connectivity index (χ2n) is 7.11. The molecule has 1 aliphatic rings. The minimum atomic E-state index is -0.385. The summed E-state index contributed by atoms with van der Waals surface area (Å²) in [5.41, 5.74) is 4.16. The fraction of sp³-hybridized carbons (Fsp3) is 0.167. The highest BCUT2D eigenvalue weighted by atomic mass is 16.5. The van der Waals surface area contributed by atoms with Crippen LogP contribution in [0.2, 0.25) is 0 Å². The first-order valence-electron chi connectivity index (χ1n) is 10.2. The molecule has 8 nitrogen and oxygen atoms in total. The van der Waals surface area contributed by atoms with E-state index in [2.05, 4.69) is 50.3 Å². The van der Waals surface area contributed by atoms with Gasteiger partial charge in [-0.3, -0.25) is 4.79 Å². The number of hydrogen-bond acceptors (Lipinski definition) is 7. The van der Waals surface area contributed by atoms with E-state index in [4.69, 9.17) is 4.74 Å². The smallest absolute Gasteiger partial charge is 0.247 e. The first kappa shape index (κ1) is 21.0. The Morgan fingerprint density at radius 2 is 2.03 bits per heavy atom. The second kappa shape index (κ2) is 9.73. The minimum Gasteiger partial charge on any atom is -0.378 e. The van der Waals surface area contributed by atoms with Gasteiger partial charge in [0.2, 0.25) is 11.9 Å². The molecular formula is C24H22N6O2. The molecule has 1 amide bonds. The van der Waals surface area contributed by atoms with E-state index in [9.17, 15) is 10.1 Å². The van der Waals surface area contributed by atoms with Gasteiger partial charge in [0.1, 0.15) is 6.07 Å². The third-order valence-corrected chi connectivity index (χ3v) is 5.01. The third kappa shape index (κ3) is 4.91. The van der Waals surface area contributed by atoms with Crippen LogP contribution in [0.1, 0.15) is 5.56 Å². The van der Waals surface area contributed by atoms with Crippen molar-refractivity contribution in [3.8, 4) is 17.3 Å². The van der Waals surface area contributed by atoms with Crippen molar-refractivity contribution in [1.82, 2.24) is 9.97 Å². The highest BCUT2D eigenvalue weighted by Crippen LogP contribution is 2.26. The summed E-state index contributed by atoms with van der Waals surface area (Å²) in [7, 11) is 0. The van der Waals surface area contributed by atoms with E-state index in [1.807, 2.05) is 12.1 Å². The summed E-state index contributed by atoms with van der Waals surface area (Å²) in [6, 6.07) is 17.1. The SMILES string of the molecule is C=CC(=O)Nc1cc(-c2ccnc(Nc3cccc(N4CCOCC4)c3)n2)ccc1C#N. The quantitative estimate of drug-likeness (QED) is 0.579. The number of nitrogens with one attached hydrogen (secondary N) is 2. The first-order chi connectivity index (χ1) is 15.7. The first-order valence-corrected chi connectivity index (χ1v) is 10.2. The van der Waals surface area contributed by atoms with Crippen LogP contribution in [-0.4, -0.2) is 42.2 Å². The summed E-state index contributed by atoms with van der Waals surface area (Å²) in [6.07, 6.45) is 2.82. The van der Waals surface area contributed by atoms with Crippen molar-refractivity contribution >= 4 is 28.9 Å². The monoisotopic (exact) mass is 426 g/mol. The van der Waals surface area contributed by atoms with Crippen molar-refractivity contribution in [1.29, 1.82) is 5.26 Å². The van der Waals surface area contributed by atoms with Gasteiger partial charge in [0.25, 0.3) is 0 Å². The number of nitriles is 1. The molecule has 0 atom stereocenters. The van der Waals surface area contributed by atoms with Crippen LogP contribution in [0.25, 0.3) is 11.3 Å². The number of amides is 1. The van der Waals surface area contributed by atoms with Crippen LogP contribution >= 0.6 is 0 Å². The van der Waals surface area contributed by atoms with Gasteiger partial charge in [-0.05, 0) is 42.5 Å². The molecule has 3 aromatic rings. The molecule has 2 N–H and O–H groups in total. The largest absolute Gasteiger partial charge is 0.378 e. The number of nitrogens with zero attached hydrogens (tertiary/aromatic N) is 4. The van der Waals surface area contributed by atoms with E-state index >= 15 is 0 Å². The van der Waals surface area contributed by atoms with Crippen LogP contribution in [0.5, 0.6) is 0 Å². The van der Waals surface area contributed by atoms with Gasteiger partial charge in [-0.1, -0.05) is 18.7 Å². The van der Waals surface area contributed by atoms with E-state index in [0.717, 1.165) is 49.3 Å². The molecule has 0 spiro atoms. The third-order valence-electron chi connectivity index (χ3n) is 5.01. The van der Waals surface area contributed by atoms with Crippen molar-refractivity contribution in [2.24, 2.45) is 0 Å². The minimum absolute atomic E-state index is 0.358. The molecule has 1 fully saturated rings. The van der Waals surface area contributed by atoms with E-state index in [-0.39, 0.29) is 5.91 Å². The lowest BCUT2D eigenvalue weighted by atomic mass is 10.1. The average molecular weight is 426 g/mol. The summed E-state index contributed by atoms with van der Waals surface area (Å²) in [5.74, 6) is 0.0616. The van der Waals surface area contributed by atoms with E-state index < -0.39 is 0 Å². The number of carbonyl (C=O) groups excluding carboxylic acids is 1. The number of anilines is 4. The number of aromatic nitrogens is 2. The Morgan fingerprint density at radius 1 is 1.19 bits per heavy atom. The summed E-state index contributed by atoms with van der Waals surface area (Å²) in [6.45, 7) is 6.62. The van der Waals surface area contributed by atoms with Crippen LogP contribution in [0.15, 0.2) is 67.4 Å². The molecule has 2 heterocycles. The van der Waals surface area contributed by atoms with Crippen molar-refractivity contribution in [2.75, 3.05) is 41.8 Å². The molecular weight excluding hydrogens is 404 g/mol. The highest BCUT2D eigenvalue weighted by Gasteiger charge is 2.12. The molecule has 160 valence electrons. The molecule has 0 unspecified atom stereocenters. The van der Waals surface area contributed by atoms with Crippen LogP contribution in [0.4, 0.5) is 23.0 Å². The van der Waals surface area contributed by atoms with Crippen LogP contribution in [0, 0.1) is 11.3 Å². The summed E-state index contributed by atoms with van der Waals surface area (Å²) >= 11 is 0. The maximum atomic E-state index is 11.7. The number of carbonyl (C=O) groups is 1. The summed E-state index contributed by atoms with van der Waals surface area (Å²) in [4.78, 5) is 22.9. The Hall–Kier alpha value is -4.22. The van der Waals surface area contributed by atoms with Gasteiger partial charge in [0, 0.05) is 36.2 Å². The number of rotatable bonds is 6. The topological polar surface area (TPSA) is 103 Å². The molecule has 1 aromatic heterocycles. The molecule has 0 aliphatic carbocycles. The normalized spacial score (nSPS) is 13.2. The van der Waals surface area contributed by atoms with Gasteiger partial charge < -0.3 is 20.3 Å². The summed E-state index contributed by atoms with van der Waals surface area (Å²) < 4.78 is 5.43. The average Bonchev–Trinajstić information content (AvgIpc) is 2.85. The molecule has 32 heavy (non-hydrogen) atoms. The highest BCUT2D eigenvalue weighted by molar-refractivity contribution is 6.00. The lowest BCUT2D eigenvalue weighted by Gasteiger charge is -2.29. The van der Waals surface area contributed by atoms with Gasteiger partial charge in [-0.25, -0.2) is 9.97 Å². The van der Waals surface area contributed by atoms with Crippen LogP contribution in [-0.2, 0) is 9.53 Å². The van der Waals surface area contributed by atoms with Crippen molar-refractivity contribution in [2.45, 2.75) is 0 Å². The molecule has 4 rings (SSSR count). The Labute approximate surface area is 186 Å². The van der Waals surface area contributed by atoms with Gasteiger partial charge in [0.05, 0.1) is 30.2 Å². The number of benzene rings is 2. The molecule has 8 heteroatoms. The Morgan fingerprint density at radius 3 is 2.81 bits per heavy atom. The Bertz CT molecular complexity index is 1180. The van der Waals surface area contributed by atoms with Crippen LogP contribution < -0.4 is 15.5 Å². The fourth-order valence-electron chi connectivity index (χ4n) is 3.40. The van der Waals surface area contributed by atoms with Gasteiger partial charge in [-0.2, -0.15) is 5.26 Å². The zero-order valence-electron chi connectivity index (χ0n) is 17.4. The lowest BCUT2D eigenvalue weighted by Crippen LogP contribution is -2.36.